The lowest BCUT2D eigenvalue weighted by atomic mass is 10.2. The van der Waals surface area contributed by atoms with E-state index in [9.17, 15) is 4.39 Å². The van der Waals surface area contributed by atoms with Crippen molar-refractivity contribution < 1.29 is 9.13 Å². The molecular formula is C15H11ClFN3O. The minimum Gasteiger partial charge on any atom is -0.497 e. The molecule has 0 unspecified atom stereocenters. The Kier molecular flexibility index (Phi) is 3.58. The predicted octanol–water partition coefficient (Wildman–Crippen LogP) is 4.17. The minimum absolute atomic E-state index is 0.0556. The van der Waals surface area contributed by atoms with E-state index in [1.807, 2.05) is 6.07 Å². The Labute approximate surface area is 125 Å². The molecule has 1 aromatic heterocycles. The van der Waals surface area contributed by atoms with E-state index in [0.29, 0.717) is 17.1 Å². The molecular weight excluding hydrogens is 293 g/mol. The van der Waals surface area contributed by atoms with Gasteiger partial charge in [0.15, 0.2) is 5.82 Å². The van der Waals surface area contributed by atoms with E-state index >= 15 is 0 Å². The molecule has 0 saturated carbocycles. The van der Waals surface area contributed by atoms with Gasteiger partial charge in [-0.25, -0.2) is 14.4 Å². The molecule has 0 aliphatic heterocycles. The van der Waals surface area contributed by atoms with Crippen molar-refractivity contribution in [3.05, 3.63) is 53.6 Å². The SMILES string of the molecule is COc1ccc2c(Nc3cccc(Cl)c3F)ncnc2c1. The van der Waals surface area contributed by atoms with Crippen LogP contribution in [0, 0.1) is 5.82 Å². The molecule has 3 rings (SSSR count). The Morgan fingerprint density at radius 2 is 2.05 bits per heavy atom. The van der Waals surface area contributed by atoms with Gasteiger partial charge >= 0.3 is 0 Å². The van der Waals surface area contributed by atoms with E-state index in [0.717, 1.165) is 5.39 Å². The molecule has 4 nitrogen and oxygen atoms in total. The van der Waals surface area contributed by atoms with Gasteiger partial charge in [-0.3, -0.25) is 0 Å². The zero-order valence-electron chi connectivity index (χ0n) is 11.1. The van der Waals surface area contributed by atoms with Crippen LogP contribution in [0.25, 0.3) is 10.9 Å². The maximum Gasteiger partial charge on any atom is 0.165 e. The molecule has 0 atom stereocenters. The molecule has 0 aliphatic rings. The van der Waals surface area contributed by atoms with Crippen LogP contribution in [-0.2, 0) is 0 Å². The minimum atomic E-state index is -0.514. The quantitative estimate of drug-likeness (QED) is 0.788. The summed E-state index contributed by atoms with van der Waals surface area (Å²) in [5.41, 5.74) is 0.965. The summed E-state index contributed by atoms with van der Waals surface area (Å²) in [5, 5.41) is 3.76. The van der Waals surface area contributed by atoms with Crippen LogP contribution in [0.15, 0.2) is 42.7 Å². The smallest absolute Gasteiger partial charge is 0.165 e. The molecule has 0 radical (unpaired) electrons. The van der Waals surface area contributed by atoms with Gasteiger partial charge in [0.05, 0.1) is 23.3 Å². The van der Waals surface area contributed by atoms with Gasteiger partial charge in [0.25, 0.3) is 0 Å². The number of benzene rings is 2. The zero-order chi connectivity index (χ0) is 14.8. The maximum absolute atomic E-state index is 13.9. The van der Waals surface area contributed by atoms with Crippen LogP contribution >= 0.6 is 11.6 Å². The van der Waals surface area contributed by atoms with Crippen molar-refractivity contribution >= 4 is 34.0 Å². The van der Waals surface area contributed by atoms with Crippen molar-refractivity contribution in [1.29, 1.82) is 0 Å². The monoisotopic (exact) mass is 303 g/mol. The third-order valence-corrected chi connectivity index (χ3v) is 3.34. The number of methoxy groups -OCH3 is 1. The molecule has 0 saturated heterocycles. The molecule has 0 amide bonds. The summed E-state index contributed by atoms with van der Waals surface area (Å²) >= 11 is 5.77. The lowest BCUT2D eigenvalue weighted by Crippen LogP contribution is -1.98. The van der Waals surface area contributed by atoms with E-state index in [2.05, 4.69) is 15.3 Å². The Bertz CT molecular complexity index is 810. The topological polar surface area (TPSA) is 47.0 Å². The van der Waals surface area contributed by atoms with Gasteiger partial charge in [0.2, 0.25) is 0 Å². The summed E-state index contributed by atoms with van der Waals surface area (Å²) in [6.45, 7) is 0. The maximum atomic E-state index is 13.9. The van der Waals surface area contributed by atoms with Crippen molar-refractivity contribution in [3.63, 3.8) is 0 Å². The number of nitrogens with zero attached hydrogens (tertiary/aromatic N) is 2. The summed E-state index contributed by atoms with van der Waals surface area (Å²) in [5.74, 6) is 0.685. The van der Waals surface area contributed by atoms with Crippen LogP contribution in [-0.4, -0.2) is 17.1 Å². The summed E-state index contributed by atoms with van der Waals surface area (Å²) < 4.78 is 19.1. The molecule has 0 bridgehead atoms. The molecule has 3 aromatic rings. The lowest BCUT2D eigenvalue weighted by molar-refractivity contribution is 0.415. The first-order valence-electron chi connectivity index (χ1n) is 6.19. The van der Waals surface area contributed by atoms with E-state index in [1.54, 1.807) is 31.4 Å². The van der Waals surface area contributed by atoms with Crippen LogP contribution in [0.4, 0.5) is 15.9 Å². The van der Waals surface area contributed by atoms with Gasteiger partial charge in [0.1, 0.15) is 17.9 Å². The third kappa shape index (κ3) is 2.60. The fraction of sp³-hybridized carbons (Fsp3) is 0.0667. The molecule has 1 heterocycles. The van der Waals surface area contributed by atoms with E-state index in [-0.39, 0.29) is 10.7 Å². The molecule has 2 aromatic carbocycles. The normalized spacial score (nSPS) is 10.6. The number of hydrogen-bond donors (Lipinski definition) is 1. The van der Waals surface area contributed by atoms with Crippen molar-refractivity contribution in [2.24, 2.45) is 0 Å². The highest BCUT2D eigenvalue weighted by molar-refractivity contribution is 6.31. The van der Waals surface area contributed by atoms with E-state index in [1.165, 1.54) is 12.4 Å². The summed E-state index contributed by atoms with van der Waals surface area (Å²) in [7, 11) is 1.59. The number of nitrogens with one attached hydrogen (secondary N) is 1. The van der Waals surface area contributed by atoms with Crippen molar-refractivity contribution in [2.45, 2.75) is 0 Å². The summed E-state index contributed by atoms with van der Waals surface area (Å²) in [6.07, 6.45) is 1.41. The first kappa shape index (κ1) is 13.6. The molecule has 0 spiro atoms. The molecule has 106 valence electrons. The highest BCUT2D eigenvalue weighted by atomic mass is 35.5. The van der Waals surface area contributed by atoms with Gasteiger partial charge in [-0.1, -0.05) is 17.7 Å². The number of hydrogen-bond acceptors (Lipinski definition) is 4. The van der Waals surface area contributed by atoms with Gasteiger partial charge in [-0.2, -0.15) is 0 Å². The molecule has 0 fully saturated rings. The Morgan fingerprint density at radius 3 is 2.86 bits per heavy atom. The van der Waals surface area contributed by atoms with E-state index < -0.39 is 5.82 Å². The van der Waals surface area contributed by atoms with Crippen LogP contribution in [0.5, 0.6) is 5.75 Å². The van der Waals surface area contributed by atoms with Crippen molar-refractivity contribution in [1.82, 2.24) is 9.97 Å². The Balaban J connectivity index is 2.06. The number of ether oxygens (including phenoxy) is 1. The molecule has 21 heavy (non-hydrogen) atoms. The molecule has 0 aliphatic carbocycles. The number of fused-ring (bicyclic) bond motifs is 1. The standard InChI is InChI=1S/C15H11ClFN3O/c1-21-9-5-6-10-13(7-9)18-8-19-15(10)20-12-4-2-3-11(16)14(12)17/h2-8H,1H3,(H,18,19,20). The van der Waals surface area contributed by atoms with Crippen LogP contribution < -0.4 is 10.1 Å². The van der Waals surface area contributed by atoms with Crippen molar-refractivity contribution in [2.75, 3.05) is 12.4 Å². The van der Waals surface area contributed by atoms with Gasteiger partial charge < -0.3 is 10.1 Å². The lowest BCUT2D eigenvalue weighted by Gasteiger charge is -2.10. The number of halogens is 2. The number of aromatic nitrogens is 2. The van der Waals surface area contributed by atoms with Crippen LogP contribution in [0.3, 0.4) is 0 Å². The van der Waals surface area contributed by atoms with Gasteiger partial charge in [-0.15, -0.1) is 0 Å². The van der Waals surface area contributed by atoms with Gasteiger partial charge in [-0.05, 0) is 24.3 Å². The number of anilines is 2. The van der Waals surface area contributed by atoms with Crippen molar-refractivity contribution in [3.8, 4) is 5.75 Å². The fourth-order valence-corrected chi connectivity index (χ4v) is 2.17. The number of rotatable bonds is 3. The largest absolute Gasteiger partial charge is 0.497 e. The summed E-state index contributed by atoms with van der Waals surface area (Å²) in [6, 6.07) is 10.2. The third-order valence-electron chi connectivity index (χ3n) is 3.05. The molecule has 1 N–H and O–H groups in total. The van der Waals surface area contributed by atoms with Crippen LogP contribution in [0.2, 0.25) is 5.02 Å². The summed E-state index contributed by atoms with van der Waals surface area (Å²) in [4.78, 5) is 8.34. The van der Waals surface area contributed by atoms with Crippen LogP contribution in [0.1, 0.15) is 0 Å². The predicted molar refractivity (Wildman–Crippen MR) is 80.8 cm³/mol. The first-order valence-corrected chi connectivity index (χ1v) is 6.56. The second-order valence-electron chi connectivity index (χ2n) is 4.33. The highest BCUT2D eigenvalue weighted by Gasteiger charge is 2.10. The highest BCUT2D eigenvalue weighted by Crippen LogP contribution is 2.29. The van der Waals surface area contributed by atoms with E-state index in [4.69, 9.17) is 16.3 Å². The Morgan fingerprint density at radius 1 is 1.19 bits per heavy atom. The average molecular weight is 304 g/mol. The molecule has 6 heteroatoms. The zero-order valence-corrected chi connectivity index (χ0v) is 11.9. The average Bonchev–Trinajstić information content (AvgIpc) is 2.51. The second-order valence-corrected chi connectivity index (χ2v) is 4.74. The first-order chi connectivity index (χ1) is 10.2. The fourth-order valence-electron chi connectivity index (χ4n) is 1.99. The second kappa shape index (κ2) is 5.54. The van der Waals surface area contributed by atoms with Gasteiger partial charge in [0, 0.05) is 11.5 Å². The Hall–Kier alpha value is -2.40.